The van der Waals surface area contributed by atoms with E-state index >= 15 is 0 Å². The van der Waals surface area contributed by atoms with Gasteiger partial charge in [-0.15, -0.1) is 0 Å². The number of rotatable bonds is 5. The molecule has 3 rings (SSSR count). The summed E-state index contributed by atoms with van der Waals surface area (Å²) in [4.78, 5) is 13.9. The van der Waals surface area contributed by atoms with E-state index in [4.69, 9.17) is 4.74 Å². The van der Waals surface area contributed by atoms with Crippen LogP contribution in [-0.4, -0.2) is 26.2 Å². The van der Waals surface area contributed by atoms with E-state index in [1.807, 2.05) is 22.9 Å². The van der Waals surface area contributed by atoms with Crippen LogP contribution >= 0.6 is 0 Å². The van der Waals surface area contributed by atoms with Gasteiger partial charge in [-0.05, 0) is 24.3 Å². The van der Waals surface area contributed by atoms with Gasteiger partial charge in [0.1, 0.15) is 17.3 Å². The monoisotopic (exact) mass is 314 g/mol. The van der Waals surface area contributed by atoms with Crippen molar-refractivity contribution in [2.24, 2.45) is 0 Å². The summed E-state index contributed by atoms with van der Waals surface area (Å²) in [5.41, 5.74) is 0.927. The summed E-state index contributed by atoms with van der Waals surface area (Å²) in [5.74, 6) is 0.290. The van der Waals surface area contributed by atoms with Crippen molar-refractivity contribution in [1.82, 2.24) is 9.55 Å². The molecule has 23 heavy (non-hydrogen) atoms. The minimum absolute atomic E-state index is 0.0492. The lowest BCUT2D eigenvalue weighted by Crippen LogP contribution is -2.15. The Hall–Kier alpha value is -3.29. The Morgan fingerprint density at radius 2 is 2.26 bits per heavy atom. The summed E-state index contributed by atoms with van der Waals surface area (Å²) in [7, 11) is 0. The van der Waals surface area contributed by atoms with Crippen molar-refractivity contribution in [3.05, 3.63) is 70.0 Å². The molecule has 2 aromatic heterocycles. The second-order valence-corrected chi connectivity index (χ2v) is 4.78. The highest BCUT2D eigenvalue weighted by Crippen LogP contribution is 2.27. The number of aliphatic hydroxyl groups excluding tert-OH is 1. The fourth-order valence-electron chi connectivity index (χ4n) is 2.21. The number of anilines is 1. The number of nitrogens with one attached hydrogen (secondary N) is 1. The molecule has 2 aromatic rings. The van der Waals surface area contributed by atoms with Crippen LogP contribution in [-0.2, 0) is 6.54 Å². The Morgan fingerprint density at radius 3 is 3.00 bits per heavy atom. The van der Waals surface area contributed by atoms with Gasteiger partial charge in [-0.2, -0.15) is 0 Å². The van der Waals surface area contributed by atoms with Crippen LogP contribution in [0, 0.1) is 10.1 Å². The molecule has 0 unspecified atom stereocenters. The molecule has 0 spiro atoms. The zero-order valence-electron chi connectivity index (χ0n) is 12.0. The minimum Gasteiger partial charge on any atom is -0.476 e. The maximum atomic E-state index is 10.7. The third-order valence-electron chi connectivity index (χ3n) is 3.31. The second kappa shape index (κ2) is 6.22. The molecule has 0 saturated carbocycles. The quantitative estimate of drug-likeness (QED) is 0.499. The molecule has 0 amide bonds. The Kier molecular flexibility index (Phi) is 3.96. The van der Waals surface area contributed by atoms with E-state index in [9.17, 15) is 15.2 Å². The molecular weight excluding hydrogens is 300 g/mol. The zero-order valence-corrected chi connectivity index (χ0v) is 12.0. The number of pyridine rings is 1. The molecular formula is C15H14N4O4. The number of hydrogen-bond acceptors (Lipinski definition) is 6. The lowest BCUT2D eigenvalue weighted by atomic mass is 10.2. The van der Waals surface area contributed by atoms with Crippen LogP contribution in [0.1, 0.15) is 5.56 Å². The van der Waals surface area contributed by atoms with Crippen molar-refractivity contribution in [1.29, 1.82) is 0 Å². The van der Waals surface area contributed by atoms with E-state index in [-0.39, 0.29) is 5.70 Å². The third-order valence-corrected chi connectivity index (χ3v) is 3.31. The molecule has 0 saturated heterocycles. The summed E-state index contributed by atoms with van der Waals surface area (Å²) in [6, 6.07) is 7.28. The molecule has 0 fully saturated rings. The first-order valence-electron chi connectivity index (χ1n) is 6.91. The largest absolute Gasteiger partial charge is 0.476 e. The Labute approximate surface area is 131 Å². The Morgan fingerprint density at radius 1 is 1.39 bits per heavy atom. The standard InChI is InChI=1S/C15H14N4O4/c20-15(19(21)22)12-5-4-11-6-8-18(14(11)17-12)9-10-23-13-3-1-2-7-16-13/h1-8,17,20H,9-10H2. The fraction of sp³-hybridized carbons (Fsp3) is 0.133. The van der Waals surface area contributed by atoms with Crippen molar-refractivity contribution in [2.45, 2.75) is 6.54 Å². The molecule has 118 valence electrons. The number of aliphatic hydroxyl groups is 1. The average Bonchev–Trinajstić information content (AvgIpc) is 2.97. The number of fused-ring (bicyclic) bond motifs is 1. The van der Waals surface area contributed by atoms with Gasteiger partial charge in [0.25, 0.3) is 0 Å². The van der Waals surface area contributed by atoms with Gasteiger partial charge in [0.15, 0.2) is 5.70 Å². The highest BCUT2D eigenvalue weighted by molar-refractivity contribution is 5.73. The van der Waals surface area contributed by atoms with Crippen LogP contribution in [0.15, 0.2) is 54.3 Å². The van der Waals surface area contributed by atoms with Gasteiger partial charge in [-0.3, -0.25) is 10.1 Å². The smallest absolute Gasteiger partial charge is 0.449 e. The van der Waals surface area contributed by atoms with Crippen molar-refractivity contribution < 1.29 is 14.8 Å². The molecule has 8 heteroatoms. The summed E-state index contributed by atoms with van der Waals surface area (Å²) in [5, 5.41) is 23.0. The predicted octanol–water partition coefficient (Wildman–Crippen LogP) is 2.40. The van der Waals surface area contributed by atoms with Crippen LogP contribution in [0.25, 0.3) is 6.08 Å². The number of allylic oxidation sites excluding steroid dienone is 1. The van der Waals surface area contributed by atoms with Gasteiger partial charge in [-0.25, -0.2) is 4.98 Å². The number of aromatic nitrogens is 2. The SMILES string of the molecule is O=[N+]([O-])C(O)=C1C=Cc2ccn(CCOc3ccccn3)c2N1. The minimum atomic E-state index is -0.913. The number of hydrogen-bond donors (Lipinski definition) is 2. The molecule has 0 radical (unpaired) electrons. The first-order chi connectivity index (χ1) is 11.1. The molecule has 8 nitrogen and oxygen atoms in total. The summed E-state index contributed by atoms with van der Waals surface area (Å²) in [6.07, 6.45) is 6.67. The summed E-state index contributed by atoms with van der Waals surface area (Å²) < 4.78 is 7.39. The van der Waals surface area contributed by atoms with Crippen molar-refractivity contribution in [2.75, 3.05) is 11.9 Å². The Bertz CT molecular complexity index is 780. The summed E-state index contributed by atoms with van der Waals surface area (Å²) in [6.45, 7) is 0.920. The van der Waals surface area contributed by atoms with Crippen molar-refractivity contribution in [3.63, 3.8) is 0 Å². The lowest BCUT2D eigenvalue weighted by molar-refractivity contribution is -0.459. The van der Waals surface area contributed by atoms with Crippen LogP contribution in [0.3, 0.4) is 0 Å². The van der Waals surface area contributed by atoms with Gasteiger partial charge >= 0.3 is 5.88 Å². The highest BCUT2D eigenvalue weighted by atomic mass is 16.7. The number of nitro groups is 1. The van der Waals surface area contributed by atoms with Crippen LogP contribution in [0.2, 0.25) is 0 Å². The van der Waals surface area contributed by atoms with E-state index in [0.717, 1.165) is 5.56 Å². The van der Waals surface area contributed by atoms with E-state index in [0.29, 0.717) is 24.8 Å². The van der Waals surface area contributed by atoms with E-state index in [2.05, 4.69) is 10.3 Å². The average molecular weight is 314 g/mol. The van der Waals surface area contributed by atoms with Crippen LogP contribution in [0.4, 0.5) is 5.82 Å². The number of ether oxygens (including phenoxy) is 1. The molecule has 0 bridgehead atoms. The normalized spacial score (nSPS) is 14.8. The van der Waals surface area contributed by atoms with Gasteiger partial charge in [0.2, 0.25) is 5.88 Å². The van der Waals surface area contributed by atoms with Gasteiger partial charge in [0.05, 0.1) is 6.54 Å². The highest BCUT2D eigenvalue weighted by Gasteiger charge is 2.20. The van der Waals surface area contributed by atoms with Crippen molar-refractivity contribution in [3.8, 4) is 5.88 Å². The van der Waals surface area contributed by atoms with E-state index in [1.165, 1.54) is 6.08 Å². The lowest BCUT2D eigenvalue weighted by Gasteiger charge is -2.15. The van der Waals surface area contributed by atoms with Crippen LogP contribution < -0.4 is 10.1 Å². The topological polar surface area (TPSA) is 102 Å². The molecule has 1 aliphatic rings. The third kappa shape index (κ3) is 3.15. The summed E-state index contributed by atoms with van der Waals surface area (Å²) >= 11 is 0. The first-order valence-corrected chi connectivity index (χ1v) is 6.91. The van der Waals surface area contributed by atoms with Crippen molar-refractivity contribution >= 4 is 11.9 Å². The van der Waals surface area contributed by atoms with Crippen LogP contribution in [0.5, 0.6) is 5.88 Å². The van der Waals surface area contributed by atoms with Gasteiger partial charge in [-0.1, -0.05) is 6.07 Å². The predicted molar refractivity (Wildman–Crippen MR) is 83.5 cm³/mol. The molecule has 1 aliphatic heterocycles. The van der Waals surface area contributed by atoms with E-state index < -0.39 is 10.8 Å². The molecule has 2 N–H and O–H groups in total. The van der Waals surface area contributed by atoms with Gasteiger partial charge < -0.3 is 19.7 Å². The first kappa shape index (κ1) is 14.6. The maximum absolute atomic E-state index is 10.7. The number of nitrogens with zero attached hydrogens (tertiary/aromatic N) is 3. The molecule has 0 atom stereocenters. The zero-order chi connectivity index (χ0) is 16.2. The molecule has 3 heterocycles. The van der Waals surface area contributed by atoms with Gasteiger partial charge in [0, 0.05) is 24.0 Å². The maximum Gasteiger partial charge on any atom is 0.449 e. The fourth-order valence-corrected chi connectivity index (χ4v) is 2.21. The molecule has 0 aliphatic carbocycles. The Balaban J connectivity index is 1.70. The molecule has 0 aromatic carbocycles. The van der Waals surface area contributed by atoms with E-state index in [1.54, 1.807) is 24.4 Å². The second-order valence-electron chi connectivity index (χ2n) is 4.78.